The molecule has 5 nitrogen and oxygen atoms in total. The Balaban J connectivity index is 1.94. The van der Waals surface area contributed by atoms with Gasteiger partial charge >= 0.3 is 5.97 Å². The summed E-state index contributed by atoms with van der Waals surface area (Å²) >= 11 is 0. The standard InChI is InChI=1S/C14H23NO4/c1-13(5-3-4-6-13)9-11(17)15-14(12(18)19-2)7-10(16)8-14/h10,16H,3-9H2,1-2H3,(H,15,17). The number of rotatable bonds is 4. The van der Waals surface area contributed by atoms with Gasteiger partial charge in [-0.05, 0) is 18.3 Å². The predicted octanol–water partition coefficient (Wildman–Crippen LogP) is 1.14. The van der Waals surface area contributed by atoms with Crippen LogP contribution in [0.15, 0.2) is 0 Å². The molecule has 2 N–H and O–H groups in total. The molecule has 2 aliphatic rings. The zero-order chi connectivity index (χ0) is 14.1. The molecule has 0 aromatic carbocycles. The maximum absolute atomic E-state index is 12.1. The Bertz CT molecular complexity index is 368. The fourth-order valence-electron chi connectivity index (χ4n) is 3.36. The van der Waals surface area contributed by atoms with E-state index in [2.05, 4.69) is 12.2 Å². The smallest absolute Gasteiger partial charge is 0.331 e. The van der Waals surface area contributed by atoms with Gasteiger partial charge in [0.15, 0.2) is 0 Å². The highest BCUT2D eigenvalue weighted by Gasteiger charge is 2.52. The molecule has 2 aliphatic carbocycles. The second-order valence-electron chi connectivity index (χ2n) is 6.38. The molecular weight excluding hydrogens is 246 g/mol. The molecule has 0 heterocycles. The highest BCUT2D eigenvalue weighted by molar-refractivity contribution is 5.89. The molecule has 0 saturated heterocycles. The topological polar surface area (TPSA) is 75.6 Å². The normalized spacial score (nSPS) is 32.5. The van der Waals surface area contributed by atoms with Crippen molar-refractivity contribution in [1.29, 1.82) is 0 Å². The predicted molar refractivity (Wildman–Crippen MR) is 69.3 cm³/mol. The van der Waals surface area contributed by atoms with Crippen molar-refractivity contribution < 1.29 is 19.4 Å². The van der Waals surface area contributed by atoms with Crippen LogP contribution >= 0.6 is 0 Å². The quantitative estimate of drug-likeness (QED) is 0.750. The average Bonchev–Trinajstić information content (AvgIpc) is 2.71. The van der Waals surface area contributed by atoms with E-state index < -0.39 is 17.6 Å². The number of aliphatic hydroxyl groups is 1. The Hall–Kier alpha value is -1.10. The van der Waals surface area contributed by atoms with Crippen LogP contribution in [-0.4, -0.2) is 35.7 Å². The molecule has 0 bridgehead atoms. The van der Waals surface area contributed by atoms with Crippen molar-refractivity contribution in [3.05, 3.63) is 0 Å². The molecule has 0 radical (unpaired) electrons. The van der Waals surface area contributed by atoms with Crippen LogP contribution in [0.3, 0.4) is 0 Å². The Morgan fingerprint density at radius 3 is 2.37 bits per heavy atom. The number of carbonyl (C=O) groups is 2. The van der Waals surface area contributed by atoms with Crippen molar-refractivity contribution in [1.82, 2.24) is 5.32 Å². The molecule has 2 saturated carbocycles. The summed E-state index contributed by atoms with van der Waals surface area (Å²) < 4.78 is 4.74. The lowest BCUT2D eigenvalue weighted by atomic mass is 9.73. The number of nitrogens with one attached hydrogen (secondary N) is 1. The second-order valence-corrected chi connectivity index (χ2v) is 6.38. The van der Waals surface area contributed by atoms with Gasteiger partial charge in [-0.2, -0.15) is 0 Å². The Kier molecular flexibility index (Phi) is 3.85. The lowest BCUT2D eigenvalue weighted by molar-refractivity contribution is -0.161. The first-order valence-corrected chi connectivity index (χ1v) is 6.97. The van der Waals surface area contributed by atoms with E-state index in [0.717, 1.165) is 12.8 Å². The van der Waals surface area contributed by atoms with Crippen molar-refractivity contribution in [2.24, 2.45) is 5.41 Å². The maximum atomic E-state index is 12.1. The molecule has 0 spiro atoms. The minimum absolute atomic E-state index is 0.0593. The third-order valence-corrected chi connectivity index (χ3v) is 4.52. The zero-order valence-corrected chi connectivity index (χ0v) is 11.7. The van der Waals surface area contributed by atoms with Gasteiger partial charge in [0, 0.05) is 19.3 Å². The molecule has 108 valence electrons. The summed E-state index contributed by atoms with van der Waals surface area (Å²) in [6, 6.07) is 0. The summed E-state index contributed by atoms with van der Waals surface area (Å²) in [7, 11) is 1.30. The molecule has 0 aromatic heterocycles. The molecule has 0 aliphatic heterocycles. The van der Waals surface area contributed by atoms with E-state index in [-0.39, 0.29) is 24.2 Å². The van der Waals surface area contributed by atoms with Crippen LogP contribution in [0.4, 0.5) is 0 Å². The number of hydrogen-bond donors (Lipinski definition) is 2. The van der Waals surface area contributed by atoms with E-state index in [0.29, 0.717) is 6.42 Å². The largest absolute Gasteiger partial charge is 0.467 e. The van der Waals surface area contributed by atoms with Crippen molar-refractivity contribution in [3.63, 3.8) is 0 Å². The maximum Gasteiger partial charge on any atom is 0.331 e. The summed E-state index contributed by atoms with van der Waals surface area (Å²) in [6.45, 7) is 2.13. The van der Waals surface area contributed by atoms with Gasteiger partial charge in [-0.1, -0.05) is 19.8 Å². The molecule has 0 atom stereocenters. The Morgan fingerprint density at radius 1 is 1.32 bits per heavy atom. The fourth-order valence-corrected chi connectivity index (χ4v) is 3.36. The van der Waals surface area contributed by atoms with E-state index >= 15 is 0 Å². The van der Waals surface area contributed by atoms with E-state index in [9.17, 15) is 14.7 Å². The van der Waals surface area contributed by atoms with Crippen molar-refractivity contribution >= 4 is 11.9 Å². The van der Waals surface area contributed by atoms with Crippen molar-refractivity contribution in [2.75, 3.05) is 7.11 Å². The molecular formula is C14H23NO4. The number of amides is 1. The Morgan fingerprint density at radius 2 is 1.89 bits per heavy atom. The van der Waals surface area contributed by atoms with Crippen LogP contribution in [0.25, 0.3) is 0 Å². The molecule has 2 rings (SSSR count). The van der Waals surface area contributed by atoms with Crippen molar-refractivity contribution in [2.45, 2.75) is 63.5 Å². The highest BCUT2D eigenvalue weighted by Crippen LogP contribution is 2.41. The molecule has 1 amide bonds. The van der Waals surface area contributed by atoms with Crippen LogP contribution in [0, 0.1) is 5.41 Å². The second kappa shape index (κ2) is 5.12. The zero-order valence-electron chi connectivity index (χ0n) is 11.7. The summed E-state index contributed by atoms with van der Waals surface area (Å²) in [5.41, 5.74) is -0.941. The first kappa shape index (κ1) is 14.3. The summed E-state index contributed by atoms with van der Waals surface area (Å²) in [6.07, 6.45) is 4.89. The molecule has 5 heteroatoms. The monoisotopic (exact) mass is 269 g/mol. The molecule has 19 heavy (non-hydrogen) atoms. The number of carbonyl (C=O) groups excluding carboxylic acids is 2. The highest BCUT2D eigenvalue weighted by atomic mass is 16.5. The first-order valence-electron chi connectivity index (χ1n) is 6.97. The number of aliphatic hydroxyl groups excluding tert-OH is 1. The van der Waals surface area contributed by atoms with Gasteiger partial charge in [0.05, 0.1) is 13.2 Å². The molecule has 2 fully saturated rings. The minimum atomic E-state index is -1.000. The van der Waals surface area contributed by atoms with Crippen LogP contribution in [0.5, 0.6) is 0 Å². The molecule has 0 aromatic rings. The number of methoxy groups -OCH3 is 1. The summed E-state index contributed by atoms with van der Waals surface area (Å²) in [5, 5.41) is 12.2. The molecule has 0 unspecified atom stereocenters. The van der Waals surface area contributed by atoms with Gasteiger partial charge in [0.2, 0.25) is 5.91 Å². The number of hydrogen-bond acceptors (Lipinski definition) is 4. The third-order valence-electron chi connectivity index (χ3n) is 4.52. The average molecular weight is 269 g/mol. The summed E-state index contributed by atoms with van der Waals surface area (Å²) in [5.74, 6) is -0.565. The van der Waals surface area contributed by atoms with Gasteiger partial charge in [-0.25, -0.2) is 4.79 Å². The van der Waals surface area contributed by atoms with Crippen LogP contribution in [0.1, 0.15) is 51.9 Å². The SMILES string of the molecule is COC(=O)C1(NC(=O)CC2(C)CCCC2)CC(O)C1. The lowest BCUT2D eigenvalue weighted by Gasteiger charge is -2.43. The fraction of sp³-hybridized carbons (Fsp3) is 0.857. The number of esters is 1. The van der Waals surface area contributed by atoms with Crippen LogP contribution in [0.2, 0.25) is 0 Å². The van der Waals surface area contributed by atoms with Gasteiger partial charge in [-0.15, -0.1) is 0 Å². The number of ether oxygens (including phenoxy) is 1. The van der Waals surface area contributed by atoms with E-state index in [4.69, 9.17) is 4.74 Å². The van der Waals surface area contributed by atoms with E-state index in [1.165, 1.54) is 20.0 Å². The Labute approximate surface area is 113 Å². The van der Waals surface area contributed by atoms with Gasteiger partial charge < -0.3 is 15.2 Å². The van der Waals surface area contributed by atoms with Gasteiger partial charge in [0.25, 0.3) is 0 Å². The van der Waals surface area contributed by atoms with Crippen LogP contribution < -0.4 is 5.32 Å². The van der Waals surface area contributed by atoms with E-state index in [1.54, 1.807) is 0 Å². The van der Waals surface area contributed by atoms with E-state index in [1.807, 2.05) is 0 Å². The van der Waals surface area contributed by atoms with Crippen molar-refractivity contribution in [3.8, 4) is 0 Å². The first-order chi connectivity index (χ1) is 8.89. The summed E-state index contributed by atoms with van der Waals surface area (Å²) in [4.78, 5) is 23.9. The van der Waals surface area contributed by atoms with Crippen LogP contribution in [-0.2, 0) is 14.3 Å². The third kappa shape index (κ3) is 2.91. The minimum Gasteiger partial charge on any atom is -0.467 e. The van der Waals surface area contributed by atoms with Gasteiger partial charge in [0.1, 0.15) is 5.54 Å². The lowest BCUT2D eigenvalue weighted by Crippen LogP contribution is -2.64. The van der Waals surface area contributed by atoms with Gasteiger partial charge in [-0.3, -0.25) is 4.79 Å².